The number of benzene rings is 1. The predicted molar refractivity (Wildman–Crippen MR) is 114 cm³/mol. The summed E-state index contributed by atoms with van der Waals surface area (Å²) < 4.78 is 5.27. The van der Waals surface area contributed by atoms with Gasteiger partial charge in [0.05, 0.1) is 30.0 Å². The van der Waals surface area contributed by atoms with Gasteiger partial charge in [-0.15, -0.1) is 0 Å². The van der Waals surface area contributed by atoms with E-state index >= 15 is 0 Å². The van der Waals surface area contributed by atoms with Gasteiger partial charge in [-0.25, -0.2) is 4.98 Å². The summed E-state index contributed by atoms with van der Waals surface area (Å²) in [4.78, 5) is 36.0. The van der Waals surface area contributed by atoms with Crippen molar-refractivity contribution in [2.24, 2.45) is 0 Å². The fourth-order valence-corrected chi connectivity index (χ4v) is 3.59. The smallest absolute Gasteiger partial charge is 0.252 e. The zero-order valence-corrected chi connectivity index (χ0v) is 16.9. The zero-order chi connectivity index (χ0) is 20.9. The van der Waals surface area contributed by atoms with Crippen molar-refractivity contribution < 1.29 is 14.3 Å². The van der Waals surface area contributed by atoms with Crippen LogP contribution in [0.3, 0.4) is 0 Å². The molecule has 2 aromatic heterocycles. The molecule has 1 aromatic carbocycles. The van der Waals surface area contributed by atoms with E-state index in [4.69, 9.17) is 9.72 Å². The highest BCUT2D eigenvalue weighted by Gasteiger charge is 2.18. The summed E-state index contributed by atoms with van der Waals surface area (Å²) in [6.07, 6.45) is 3.70. The minimum absolute atomic E-state index is 0.0325. The first kappa shape index (κ1) is 20.0. The number of fused-ring (bicyclic) bond motifs is 1. The number of pyridine rings is 2. The molecule has 1 aliphatic rings. The van der Waals surface area contributed by atoms with Crippen LogP contribution in [0.15, 0.2) is 48.8 Å². The van der Waals surface area contributed by atoms with Crippen LogP contribution in [0.2, 0.25) is 0 Å². The Balaban J connectivity index is 1.55. The largest absolute Gasteiger partial charge is 0.378 e. The number of aromatic nitrogens is 2. The van der Waals surface area contributed by atoms with E-state index in [-0.39, 0.29) is 24.8 Å². The number of para-hydroxylation sites is 1. The van der Waals surface area contributed by atoms with Crippen LogP contribution in [0.5, 0.6) is 0 Å². The van der Waals surface area contributed by atoms with E-state index in [1.54, 1.807) is 23.4 Å². The molecule has 0 bridgehead atoms. The topological polar surface area (TPSA) is 84.4 Å². The molecule has 1 saturated heterocycles. The Morgan fingerprint density at radius 3 is 2.77 bits per heavy atom. The van der Waals surface area contributed by atoms with Crippen molar-refractivity contribution in [1.82, 2.24) is 20.2 Å². The third-order valence-corrected chi connectivity index (χ3v) is 5.23. The Morgan fingerprint density at radius 2 is 2.00 bits per heavy atom. The minimum Gasteiger partial charge on any atom is -0.378 e. The molecular formula is C23H24N4O3. The maximum atomic E-state index is 13.0. The quantitative estimate of drug-likeness (QED) is 0.707. The van der Waals surface area contributed by atoms with Crippen LogP contribution in [0, 0.1) is 6.92 Å². The lowest BCUT2D eigenvalue weighted by molar-refractivity contribution is -0.135. The summed E-state index contributed by atoms with van der Waals surface area (Å²) in [6.45, 7) is 4.61. The molecule has 0 spiro atoms. The molecule has 0 unspecified atom stereocenters. The highest BCUT2D eigenvalue weighted by atomic mass is 16.5. The number of nitrogens with one attached hydrogen (secondary N) is 1. The number of ether oxygens (including phenoxy) is 1. The summed E-state index contributed by atoms with van der Waals surface area (Å²) >= 11 is 0. The molecule has 0 saturated carbocycles. The number of morpholine rings is 1. The molecule has 2 amide bonds. The Hall–Kier alpha value is -3.32. The summed E-state index contributed by atoms with van der Waals surface area (Å²) in [5.41, 5.74) is 3.86. The van der Waals surface area contributed by atoms with E-state index in [2.05, 4.69) is 10.3 Å². The number of hydrogen-bond donors (Lipinski definition) is 1. The average molecular weight is 404 g/mol. The van der Waals surface area contributed by atoms with Crippen molar-refractivity contribution in [3.8, 4) is 11.3 Å². The molecule has 0 aliphatic carbocycles. The fraction of sp³-hybridized carbons (Fsp3) is 0.304. The molecule has 7 nitrogen and oxygen atoms in total. The van der Waals surface area contributed by atoms with E-state index in [1.165, 1.54) is 0 Å². The van der Waals surface area contributed by atoms with E-state index in [0.29, 0.717) is 37.6 Å². The monoisotopic (exact) mass is 404 g/mol. The van der Waals surface area contributed by atoms with Crippen molar-refractivity contribution in [2.75, 3.05) is 32.8 Å². The molecule has 3 aromatic rings. The number of nitrogens with zero attached hydrogens (tertiary/aromatic N) is 3. The second kappa shape index (κ2) is 9.00. The SMILES string of the molecule is Cc1cccc2c(C(=O)NCCC(=O)N3CCOCC3)cc(-c3cccnc3)nc12. The molecule has 4 rings (SSSR count). The van der Waals surface area contributed by atoms with Crippen molar-refractivity contribution in [2.45, 2.75) is 13.3 Å². The average Bonchev–Trinajstić information content (AvgIpc) is 2.80. The number of aryl methyl sites for hydroxylation is 1. The van der Waals surface area contributed by atoms with E-state index in [9.17, 15) is 9.59 Å². The maximum absolute atomic E-state index is 13.0. The van der Waals surface area contributed by atoms with E-state index < -0.39 is 0 Å². The fourth-order valence-electron chi connectivity index (χ4n) is 3.59. The van der Waals surface area contributed by atoms with Crippen LogP contribution < -0.4 is 5.32 Å². The van der Waals surface area contributed by atoms with Gasteiger partial charge in [0, 0.05) is 49.4 Å². The second-order valence-corrected chi connectivity index (χ2v) is 7.27. The predicted octanol–water partition coefficient (Wildman–Crippen LogP) is 2.58. The van der Waals surface area contributed by atoms with Gasteiger partial charge < -0.3 is 15.0 Å². The minimum atomic E-state index is -0.215. The summed E-state index contributed by atoms with van der Waals surface area (Å²) in [5, 5.41) is 3.69. The van der Waals surface area contributed by atoms with Gasteiger partial charge >= 0.3 is 0 Å². The lowest BCUT2D eigenvalue weighted by Gasteiger charge is -2.26. The first-order chi connectivity index (χ1) is 14.6. The molecule has 1 fully saturated rings. The zero-order valence-electron chi connectivity index (χ0n) is 16.9. The van der Waals surface area contributed by atoms with Gasteiger partial charge in [0.1, 0.15) is 0 Å². The van der Waals surface area contributed by atoms with Crippen LogP contribution in [-0.4, -0.2) is 59.5 Å². The van der Waals surface area contributed by atoms with Gasteiger partial charge in [0.25, 0.3) is 5.91 Å². The van der Waals surface area contributed by atoms with Gasteiger partial charge in [-0.1, -0.05) is 18.2 Å². The Morgan fingerprint density at radius 1 is 1.17 bits per heavy atom. The Labute approximate surface area is 175 Å². The van der Waals surface area contributed by atoms with Crippen molar-refractivity contribution in [3.05, 3.63) is 59.9 Å². The van der Waals surface area contributed by atoms with Crippen LogP contribution in [0.4, 0.5) is 0 Å². The molecular weight excluding hydrogens is 380 g/mol. The van der Waals surface area contributed by atoms with Gasteiger partial charge in [-0.05, 0) is 30.7 Å². The molecule has 1 aliphatic heterocycles. The third kappa shape index (κ3) is 4.31. The number of rotatable bonds is 5. The van der Waals surface area contributed by atoms with Crippen molar-refractivity contribution in [1.29, 1.82) is 0 Å². The molecule has 30 heavy (non-hydrogen) atoms. The van der Waals surface area contributed by atoms with Gasteiger partial charge in [0.15, 0.2) is 0 Å². The number of amides is 2. The molecule has 0 atom stereocenters. The normalized spacial score (nSPS) is 14.0. The van der Waals surface area contributed by atoms with Crippen LogP contribution in [-0.2, 0) is 9.53 Å². The molecule has 3 heterocycles. The van der Waals surface area contributed by atoms with Crippen LogP contribution in [0.25, 0.3) is 22.2 Å². The number of carbonyl (C=O) groups is 2. The van der Waals surface area contributed by atoms with Gasteiger partial charge in [0.2, 0.25) is 5.91 Å². The molecule has 154 valence electrons. The number of carbonyl (C=O) groups excluding carboxylic acids is 2. The first-order valence-corrected chi connectivity index (χ1v) is 10.1. The summed E-state index contributed by atoms with van der Waals surface area (Å²) in [5.74, 6) is -0.182. The van der Waals surface area contributed by atoms with E-state index in [0.717, 1.165) is 22.0 Å². The van der Waals surface area contributed by atoms with Crippen molar-refractivity contribution >= 4 is 22.7 Å². The lowest BCUT2D eigenvalue weighted by atomic mass is 10.0. The Kier molecular flexibility index (Phi) is 5.99. The highest BCUT2D eigenvalue weighted by molar-refractivity contribution is 6.07. The van der Waals surface area contributed by atoms with Gasteiger partial charge in [-0.3, -0.25) is 14.6 Å². The molecule has 0 radical (unpaired) electrons. The molecule has 7 heteroatoms. The van der Waals surface area contributed by atoms with Crippen molar-refractivity contribution in [3.63, 3.8) is 0 Å². The Bertz CT molecular complexity index is 1060. The number of hydrogen-bond acceptors (Lipinski definition) is 5. The third-order valence-electron chi connectivity index (χ3n) is 5.23. The first-order valence-electron chi connectivity index (χ1n) is 10.1. The maximum Gasteiger partial charge on any atom is 0.252 e. The highest BCUT2D eigenvalue weighted by Crippen LogP contribution is 2.26. The van der Waals surface area contributed by atoms with E-state index in [1.807, 2.05) is 37.3 Å². The summed E-state index contributed by atoms with van der Waals surface area (Å²) in [6, 6.07) is 11.3. The second-order valence-electron chi connectivity index (χ2n) is 7.27. The van der Waals surface area contributed by atoms with Gasteiger partial charge in [-0.2, -0.15) is 0 Å². The lowest BCUT2D eigenvalue weighted by Crippen LogP contribution is -2.42. The standard InChI is InChI=1S/C23H24N4O3/c1-16-4-2-6-18-19(14-20(26-22(16)18)17-5-3-8-24-15-17)23(29)25-9-7-21(28)27-10-12-30-13-11-27/h2-6,8,14-15H,7,9-13H2,1H3,(H,25,29). The van der Waals surface area contributed by atoms with Crippen LogP contribution >= 0.6 is 0 Å². The summed E-state index contributed by atoms with van der Waals surface area (Å²) in [7, 11) is 0. The van der Waals surface area contributed by atoms with Crippen LogP contribution in [0.1, 0.15) is 22.3 Å². The molecule has 1 N–H and O–H groups in total.